The summed E-state index contributed by atoms with van der Waals surface area (Å²) in [5, 5.41) is 4.04. The molecule has 4 nitrogen and oxygen atoms in total. The Bertz CT molecular complexity index is 1030. The van der Waals surface area contributed by atoms with Crippen molar-refractivity contribution in [3.8, 4) is 0 Å². The van der Waals surface area contributed by atoms with E-state index in [1.54, 1.807) is 23.5 Å². The first kappa shape index (κ1) is 21.7. The monoisotopic (exact) mass is 439 g/mol. The van der Waals surface area contributed by atoms with Crippen LogP contribution in [0.2, 0.25) is 0 Å². The highest BCUT2D eigenvalue weighted by Gasteiger charge is 2.34. The van der Waals surface area contributed by atoms with Gasteiger partial charge in [0.05, 0.1) is 7.05 Å². The molecule has 0 spiro atoms. The van der Waals surface area contributed by atoms with Crippen molar-refractivity contribution < 1.29 is 19.0 Å². The van der Waals surface area contributed by atoms with Crippen LogP contribution in [0.5, 0.6) is 0 Å². The molecule has 1 aromatic heterocycles. The van der Waals surface area contributed by atoms with Crippen molar-refractivity contribution in [3.63, 3.8) is 0 Å². The van der Waals surface area contributed by atoms with Gasteiger partial charge in [-0.3, -0.25) is 4.79 Å². The molecule has 162 valence electrons. The van der Waals surface area contributed by atoms with Crippen molar-refractivity contribution in [2.45, 2.75) is 19.4 Å². The van der Waals surface area contributed by atoms with Crippen LogP contribution in [0.3, 0.4) is 0 Å². The van der Waals surface area contributed by atoms with Crippen LogP contribution in [0, 0.1) is 5.82 Å². The number of piperazine rings is 1. The molecule has 0 saturated carbocycles. The normalized spacial score (nSPS) is 19.7. The minimum absolute atomic E-state index is 0.00794. The summed E-state index contributed by atoms with van der Waals surface area (Å²) in [5.41, 5.74) is 2.69. The van der Waals surface area contributed by atoms with Gasteiger partial charge in [-0.2, -0.15) is 0 Å². The molecule has 3 N–H and O–H groups in total. The maximum atomic E-state index is 14.2. The molecule has 31 heavy (non-hydrogen) atoms. The van der Waals surface area contributed by atoms with E-state index in [-0.39, 0.29) is 17.8 Å². The number of anilines is 1. The van der Waals surface area contributed by atoms with E-state index in [4.69, 9.17) is 0 Å². The van der Waals surface area contributed by atoms with E-state index in [0.29, 0.717) is 5.56 Å². The van der Waals surface area contributed by atoms with E-state index in [0.717, 1.165) is 48.7 Å². The molecule has 1 fully saturated rings. The lowest BCUT2D eigenvalue weighted by Crippen LogP contribution is -3.27. The Labute approximate surface area is 187 Å². The third-order valence-electron chi connectivity index (χ3n) is 6.07. The number of thiophene rings is 1. The third-order valence-corrected chi connectivity index (χ3v) is 7.28. The summed E-state index contributed by atoms with van der Waals surface area (Å²) in [6.45, 7) is 6.31. The van der Waals surface area contributed by atoms with Gasteiger partial charge in [0, 0.05) is 21.6 Å². The SMILES string of the molecule is CCc1cc(C(c2cccc(F)c2)[NH+]2CC[NH+](C)CC2)c(NC(=O)c2ccccc2)s1. The first-order valence-electron chi connectivity index (χ1n) is 11.0. The van der Waals surface area contributed by atoms with Crippen molar-refractivity contribution in [1.82, 2.24) is 0 Å². The summed E-state index contributed by atoms with van der Waals surface area (Å²) in [6, 6.07) is 18.4. The van der Waals surface area contributed by atoms with Crippen LogP contribution in [0.1, 0.15) is 39.3 Å². The molecule has 2 aromatic carbocycles. The molecule has 1 aliphatic heterocycles. The number of carbonyl (C=O) groups excluding carboxylic acids is 1. The van der Waals surface area contributed by atoms with Gasteiger partial charge in [-0.1, -0.05) is 37.3 Å². The van der Waals surface area contributed by atoms with Crippen LogP contribution in [0.15, 0.2) is 60.7 Å². The van der Waals surface area contributed by atoms with Crippen LogP contribution < -0.4 is 15.1 Å². The zero-order valence-electron chi connectivity index (χ0n) is 18.1. The third kappa shape index (κ3) is 5.03. The van der Waals surface area contributed by atoms with Gasteiger partial charge in [0.2, 0.25) is 0 Å². The predicted octanol–water partition coefficient (Wildman–Crippen LogP) is 2.20. The lowest BCUT2D eigenvalue weighted by atomic mass is 9.97. The van der Waals surface area contributed by atoms with Crippen molar-refractivity contribution in [2.75, 3.05) is 38.5 Å². The number of hydrogen-bond acceptors (Lipinski definition) is 2. The zero-order valence-corrected chi connectivity index (χ0v) is 18.9. The van der Waals surface area contributed by atoms with Gasteiger partial charge in [-0.15, -0.1) is 11.3 Å². The van der Waals surface area contributed by atoms with E-state index < -0.39 is 0 Å². The van der Waals surface area contributed by atoms with E-state index in [2.05, 4.69) is 25.4 Å². The van der Waals surface area contributed by atoms with E-state index in [1.165, 1.54) is 20.7 Å². The molecule has 3 aromatic rings. The average Bonchev–Trinajstić information content (AvgIpc) is 3.18. The number of carbonyl (C=O) groups is 1. The van der Waals surface area contributed by atoms with Crippen LogP contribution >= 0.6 is 11.3 Å². The predicted molar refractivity (Wildman–Crippen MR) is 124 cm³/mol. The Morgan fingerprint density at radius 2 is 1.81 bits per heavy atom. The molecular formula is C25H30FN3OS+2. The number of halogens is 1. The highest BCUT2D eigenvalue weighted by atomic mass is 32.1. The second kappa shape index (κ2) is 9.73. The van der Waals surface area contributed by atoms with Crippen molar-refractivity contribution in [2.24, 2.45) is 0 Å². The summed E-state index contributed by atoms with van der Waals surface area (Å²) >= 11 is 1.63. The fraction of sp³-hybridized carbons (Fsp3) is 0.320. The number of rotatable bonds is 6. The maximum Gasteiger partial charge on any atom is 0.256 e. The number of nitrogens with one attached hydrogen (secondary N) is 3. The summed E-state index contributed by atoms with van der Waals surface area (Å²) < 4.78 is 14.2. The van der Waals surface area contributed by atoms with Gasteiger partial charge in [-0.05, 0) is 36.8 Å². The van der Waals surface area contributed by atoms with Crippen molar-refractivity contribution >= 4 is 22.2 Å². The minimum atomic E-state index is -0.220. The molecule has 0 radical (unpaired) electrons. The second-order valence-electron chi connectivity index (χ2n) is 8.27. The molecule has 1 aliphatic rings. The fourth-order valence-electron chi connectivity index (χ4n) is 4.32. The molecule has 1 saturated heterocycles. The molecule has 4 rings (SSSR count). The molecule has 1 amide bonds. The Balaban J connectivity index is 1.73. The average molecular weight is 440 g/mol. The molecule has 0 bridgehead atoms. The van der Waals surface area contributed by atoms with E-state index >= 15 is 0 Å². The van der Waals surface area contributed by atoms with E-state index in [9.17, 15) is 9.18 Å². The minimum Gasteiger partial charge on any atom is -0.328 e. The first-order valence-corrected chi connectivity index (χ1v) is 11.8. The van der Waals surface area contributed by atoms with Gasteiger partial charge >= 0.3 is 0 Å². The lowest BCUT2D eigenvalue weighted by Gasteiger charge is -2.33. The van der Waals surface area contributed by atoms with Gasteiger partial charge < -0.3 is 15.1 Å². The smallest absolute Gasteiger partial charge is 0.256 e. The number of likely N-dealkylation sites (N-methyl/N-ethyl adjacent to an activating group) is 1. The molecule has 2 heterocycles. The van der Waals surface area contributed by atoms with Crippen molar-refractivity contribution in [1.29, 1.82) is 0 Å². The number of aryl methyl sites for hydroxylation is 1. The first-order chi connectivity index (χ1) is 15.0. The molecular weight excluding hydrogens is 409 g/mol. The van der Waals surface area contributed by atoms with Crippen LogP contribution in [-0.4, -0.2) is 39.1 Å². The van der Waals surface area contributed by atoms with Crippen LogP contribution in [0.4, 0.5) is 9.39 Å². The van der Waals surface area contributed by atoms with Gasteiger partial charge in [0.1, 0.15) is 43.0 Å². The lowest BCUT2D eigenvalue weighted by molar-refractivity contribution is -1.02. The van der Waals surface area contributed by atoms with Gasteiger partial charge in [-0.25, -0.2) is 4.39 Å². The Morgan fingerprint density at radius 3 is 2.48 bits per heavy atom. The summed E-state index contributed by atoms with van der Waals surface area (Å²) in [4.78, 5) is 17.1. The topological polar surface area (TPSA) is 38.0 Å². The molecule has 1 atom stereocenters. The van der Waals surface area contributed by atoms with Gasteiger partial charge in [0.25, 0.3) is 5.91 Å². The molecule has 1 unspecified atom stereocenters. The standard InChI is InChI=1S/C25H28FN3OS/c1-3-21-17-22(25(31-21)27-24(30)18-8-5-4-6-9-18)23(19-10-7-11-20(26)16-19)29-14-12-28(2)13-15-29/h4-11,16-17,23H,3,12-15H2,1-2H3,(H,27,30)/p+2. The highest BCUT2D eigenvalue weighted by molar-refractivity contribution is 7.16. The van der Waals surface area contributed by atoms with Crippen molar-refractivity contribution in [3.05, 3.63) is 88.0 Å². The Kier molecular flexibility index (Phi) is 6.80. The van der Waals surface area contributed by atoms with Gasteiger partial charge in [0.15, 0.2) is 0 Å². The number of amides is 1. The zero-order chi connectivity index (χ0) is 21.8. The largest absolute Gasteiger partial charge is 0.328 e. The Hall–Kier alpha value is -2.54. The fourth-order valence-corrected chi connectivity index (χ4v) is 5.35. The number of quaternary nitrogens is 2. The van der Waals surface area contributed by atoms with Crippen LogP contribution in [-0.2, 0) is 6.42 Å². The maximum absolute atomic E-state index is 14.2. The van der Waals surface area contributed by atoms with E-state index in [1.807, 2.05) is 36.4 Å². The summed E-state index contributed by atoms with van der Waals surface area (Å²) in [6.07, 6.45) is 0.900. The molecule has 0 aliphatic carbocycles. The summed E-state index contributed by atoms with van der Waals surface area (Å²) in [5.74, 6) is -0.329. The number of hydrogen-bond donors (Lipinski definition) is 3. The second-order valence-corrected chi connectivity index (χ2v) is 9.41. The Morgan fingerprint density at radius 1 is 1.06 bits per heavy atom. The quantitative estimate of drug-likeness (QED) is 0.541. The molecule has 6 heteroatoms. The summed E-state index contributed by atoms with van der Waals surface area (Å²) in [7, 11) is 2.22. The number of benzene rings is 2. The highest BCUT2D eigenvalue weighted by Crippen LogP contribution is 2.35. The van der Waals surface area contributed by atoms with Crippen LogP contribution in [0.25, 0.3) is 0 Å².